The van der Waals surface area contributed by atoms with E-state index in [9.17, 15) is 9.18 Å². The Labute approximate surface area is 124 Å². The van der Waals surface area contributed by atoms with Crippen LogP contribution >= 0.6 is 15.9 Å². The van der Waals surface area contributed by atoms with E-state index in [1.807, 2.05) is 6.92 Å². The van der Waals surface area contributed by atoms with Gasteiger partial charge in [-0.25, -0.2) is 4.39 Å². The first kappa shape index (κ1) is 14.5. The Kier molecular flexibility index (Phi) is 4.39. The van der Waals surface area contributed by atoms with Crippen LogP contribution in [0.25, 0.3) is 0 Å². The molecular weight excluding hydrogens is 327 g/mol. The monoisotopic (exact) mass is 338 g/mol. The van der Waals surface area contributed by atoms with E-state index in [-0.39, 0.29) is 6.42 Å². The first-order chi connectivity index (χ1) is 9.44. The van der Waals surface area contributed by atoms with Crippen LogP contribution in [0.1, 0.15) is 11.1 Å². The molecule has 0 unspecified atom stereocenters. The summed E-state index contributed by atoms with van der Waals surface area (Å²) in [6.45, 7) is 1.84. The topological polar surface area (TPSA) is 46.5 Å². The van der Waals surface area contributed by atoms with E-state index in [1.165, 1.54) is 12.1 Å². The first-order valence-corrected chi connectivity index (χ1v) is 6.68. The Morgan fingerprint density at radius 3 is 2.70 bits per heavy atom. The molecule has 0 saturated carbocycles. The van der Waals surface area contributed by atoms with Gasteiger partial charge < -0.3 is 9.84 Å². The number of hydrogen-bond acceptors (Lipinski definition) is 2. The van der Waals surface area contributed by atoms with Gasteiger partial charge in [-0.1, -0.05) is 28.1 Å². The van der Waals surface area contributed by atoms with Crippen molar-refractivity contribution in [2.24, 2.45) is 0 Å². The first-order valence-electron chi connectivity index (χ1n) is 5.89. The van der Waals surface area contributed by atoms with Crippen molar-refractivity contribution in [3.05, 3.63) is 57.8 Å². The summed E-state index contributed by atoms with van der Waals surface area (Å²) in [6, 6.07) is 9.42. The number of ether oxygens (including phenoxy) is 1. The number of hydrogen-bond donors (Lipinski definition) is 1. The van der Waals surface area contributed by atoms with Gasteiger partial charge in [0.1, 0.15) is 17.3 Å². The van der Waals surface area contributed by atoms with E-state index < -0.39 is 11.8 Å². The smallest absolute Gasteiger partial charge is 0.307 e. The van der Waals surface area contributed by atoms with Crippen LogP contribution in [-0.2, 0) is 11.2 Å². The molecule has 0 atom stereocenters. The summed E-state index contributed by atoms with van der Waals surface area (Å²) in [6.07, 6.45) is -0.0799. The number of carboxylic acids is 1. The third-order valence-electron chi connectivity index (χ3n) is 2.67. The average molecular weight is 339 g/mol. The normalized spacial score (nSPS) is 10.3. The fourth-order valence-corrected chi connectivity index (χ4v) is 2.20. The van der Waals surface area contributed by atoms with Crippen LogP contribution in [0, 0.1) is 12.7 Å². The SMILES string of the molecule is Cc1ccc(CC(=O)O)cc1Oc1cc(F)cc(Br)c1. The molecular formula is C15H12BrFO3. The summed E-state index contributed by atoms with van der Waals surface area (Å²) in [5, 5.41) is 8.79. The Balaban J connectivity index is 2.29. The predicted octanol–water partition coefficient (Wildman–Crippen LogP) is 4.32. The highest BCUT2D eigenvalue weighted by Crippen LogP contribution is 2.29. The molecule has 0 radical (unpaired) electrons. The van der Waals surface area contributed by atoms with Crippen molar-refractivity contribution in [3.63, 3.8) is 0 Å². The summed E-state index contributed by atoms with van der Waals surface area (Å²) in [5.41, 5.74) is 1.48. The molecule has 104 valence electrons. The summed E-state index contributed by atoms with van der Waals surface area (Å²) in [7, 11) is 0. The maximum atomic E-state index is 13.3. The van der Waals surface area contributed by atoms with Crippen molar-refractivity contribution in [2.75, 3.05) is 0 Å². The lowest BCUT2D eigenvalue weighted by Crippen LogP contribution is -2.00. The number of carboxylic acid groups (broad SMARTS) is 1. The van der Waals surface area contributed by atoms with Crippen molar-refractivity contribution in [1.29, 1.82) is 0 Å². The molecule has 3 nitrogen and oxygen atoms in total. The van der Waals surface area contributed by atoms with Gasteiger partial charge in [-0.05, 0) is 36.2 Å². The van der Waals surface area contributed by atoms with Crippen molar-refractivity contribution in [2.45, 2.75) is 13.3 Å². The van der Waals surface area contributed by atoms with Crippen molar-refractivity contribution >= 4 is 21.9 Å². The van der Waals surface area contributed by atoms with Gasteiger partial charge in [0.05, 0.1) is 6.42 Å². The molecule has 0 spiro atoms. The number of carbonyl (C=O) groups is 1. The molecule has 0 aliphatic carbocycles. The minimum Gasteiger partial charge on any atom is -0.481 e. The predicted molar refractivity (Wildman–Crippen MR) is 76.7 cm³/mol. The molecule has 2 aromatic rings. The Hall–Kier alpha value is -1.88. The van der Waals surface area contributed by atoms with Crippen molar-refractivity contribution in [1.82, 2.24) is 0 Å². The maximum absolute atomic E-state index is 13.3. The minimum absolute atomic E-state index is 0.0799. The Morgan fingerprint density at radius 2 is 2.05 bits per heavy atom. The quantitative estimate of drug-likeness (QED) is 0.903. The molecule has 0 bridgehead atoms. The summed E-state index contributed by atoms with van der Waals surface area (Å²) >= 11 is 3.19. The van der Waals surface area contributed by atoms with E-state index in [4.69, 9.17) is 9.84 Å². The largest absolute Gasteiger partial charge is 0.481 e. The molecule has 0 amide bonds. The van der Waals surface area contributed by atoms with Crippen LogP contribution in [-0.4, -0.2) is 11.1 Å². The molecule has 2 aromatic carbocycles. The second kappa shape index (κ2) is 6.05. The number of aryl methyl sites for hydroxylation is 1. The van der Waals surface area contributed by atoms with E-state index in [2.05, 4.69) is 15.9 Å². The van der Waals surface area contributed by atoms with E-state index in [0.717, 1.165) is 5.56 Å². The molecule has 0 aliphatic rings. The van der Waals surface area contributed by atoms with Crippen LogP contribution in [0.15, 0.2) is 40.9 Å². The van der Waals surface area contributed by atoms with Gasteiger partial charge in [-0.3, -0.25) is 4.79 Å². The molecule has 0 aromatic heterocycles. The van der Waals surface area contributed by atoms with E-state index in [0.29, 0.717) is 21.5 Å². The molecule has 0 fully saturated rings. The molecule has 0 saturated heterocycles. The molecule has 20 heavy (non-hydrogen) atoms. The second-order valence-corrected chi connectivity index (χ2v) is 5.29. The third-order valence-corrected chi connectivity index (χ3v) is 3.13. The van der Waals surface area contributed by atoms with Crippen LogP contribution in [0.2, 0.25) is 0 Å². The van der Waals surface area contributed by atoms with E-state index >= 15 is 0 Å². The number of benzene rings is 2. The highest BCUT2D eigenvalue weighted by atomic mass is 79.9. The fraction of sp³-hybridized carbons (Fsp3) is 0.133. The molecule has 0 heterocycles. The Bertz CT molecular complexity index is 635. The highest BCUT2D eigenvalue weighted by Gasteiger charge is 2.07. The van der Waals surface area contributed by atoms with Crippen LogP contribution in [0.5, 0.6) is 11.5 Å². The standard InChI is InChI=1S/C15H12BrFO3/c1-9-2-3-10(5-15(18)19)4-14(9)20-13-7-11(16)6-12(17)8-13/h2-4,6-8H,5H2,1H3,(H,18,19). The molecule has 1 N–H and O–H groups in total. The molecule has 2 rings (SSSR count). The zero-order valence-corrected chi connectivity index (χ0v) is 12.3. The lowest BCUT2D eigenvalue weighted by Gasteiger charge is -2.10. The van der Waals surface area contributed by atoms with Gasteiger partial charge in [0, 0.05) is 10.5 Å². The van der Waals surface area contributed by atoms with Gasteiger partial charge in [0.25, 0.3) is 0 Å². The van der Waals surface area contributed by atoms with Gasteiger partial charge >= 0.3 is 5.97 Å². The lowest BCUT2D eigenvalue weighted by molar-refractivity contribution is -0.136. The van der Waals surface area contributed by atoms with Gasteiger partial charge in [0.15, 0.2) is 0 Å². The lowest BCUT2D eigenvalue weighted by atomic mass is 10.1. The fourth-order valence-electron chi connectivity index (χ4n) is 1.75. The highest BCUT2D eigenvalue weighted by molar-refractivity contribution is 9.10. The number of halogens is 2. The van der Waals surface area contributed by atoms with Crippen molar-refractivity contribution in [3.8, 4) is 11.5 Å². The van der Waals surface area contributed by atoms with Gasteiger partial charge in [0.2, 0.25) is 0 Å². The minimum atomic E-state index is -0.909. The van der Waals surface area contributed by atoms with Crippen LogP contribution < -0.4 is 4.74 Å². The third kappa shape index (κ3) is 3.81. The number of aliphatic carboxylic acids is 1. The zero-order valence-electron chi connectivity index (χ0n) is 10.7. The summed E-state index contributed by atoms with van der Waals surface area (Å²) in [4.78, 5) is 10.7. The average Bonchev–Trinajstić information content (AvgIpc) is 2.31. The van der Waals surface area contributed by atoms with Gasteiger partial charge in [-0.15, -0.1) is 0 Å². The van der Waals surface area contributed by atoms with Crippen LogP contribution in [0.4, 0.5) is 4.39 Å². The maximum Gasteiger partial charge on any atom is 0.307 e. The zero-order chi connectivity index (χ0) is 14.7. The van der Waals surface area contributed by atoms with Crippen molar-refractivity contribution < 1.29 is 19.0 Å². The van der Waals surface area contributed by atoms with Crippen LogP contribution in [0.3, 0.4) is 0 Å². The molecule has 5 heteroatoms. The van der Waals surface area contributed by atoms with E-state index in [1.54, 1.807) is 24.3 Å². The number of rotatable bonds is 4. The second-order valence-electron chi connectivity index (χ2n) is 4.38. The Morgan fingerprint density at radius 1 is 1.30 bits per heavy atom. The summed E-state index contributed by atoms with van der Waals surface area (Å²) in [5.74, 6) is -0.448. The van der Waals surface area contributed by atoms with Gasteiger partial charge in [-0.2, -0.15) is 0 Å². The summed E-state index contributed by atoms with van der Waals surface area (Å²) < 4.78 is 19.5. The molecule has 0 aliphatic heterocycles.